The van der Waals surface area contributed by atoms with E-state index in [0.29, 0.717) is 39.1 Å². The summed E-state index contributed by atoms with van der Waals surface area (Å²) in [5, 5.41) is 9.10. The third kappa shape index (κ3) is 3.69. The predicted molar refractivity (Wildman–Crippen MR) is 72.5 cm³/mol. The summed E-state index contributed by atoms with van der Waals surface area (Å²) in [6.45, 7) is 1.95. The molecule has 0 bridgehead atoms. The van der Waals surface area contributed by atoms with Crippen LogP contribution in [0.5, 0.6) is 0 Å². The van der Waals surface area contributed by atoms with E-state index in [1.807, 2.05) is 0 Å². The van der Waals surface area contributed by atoms with Gasteiger partial charge in [0.05, 0.1) is 31.5 Å². The van der Waals surface area contributed by atoms with Crippen LogP contribution in [0.1, 0.15) is 12.8 Å². The standard InChI is InChI=1S/C12H22N2O5S/c1-20(17,18)14-4-2-3-10(7-14)12(16)13-5-6-19-11(8-13)9-15/h10-11,15H,2-9H2,1H3. The molecule has 0 aromatic heterocycles. The van der Waals surface area contributed by atoms with Crippen molar-refractivity contribution in [3.63, 3.8) is 0 Å². The molecular formula is C12H22N2O5S. The first-order chi connectivity index (χ1) is 9.41. The topological polar surface area (TPSA) is 87.2 Å². The lowest BCUT2D eigenvalue weighted by Gasteiger charge is -2.37. The van der Waals surface area contributed by atoms with Crippen LogP contribution in [0.15, 0.2) is 0 Å². The molecule has 1 amide bonds. The minimum atomic E-state index is -3.24. The third-order valence-electron chi connectivity index (χ3n) is 3.86. The van der Waals surface area contributed by atoms with Crippen LogP contribution in [-0.2, 0) is 19.6 Å². The van der Waals surface area contributed by atoms with E-state index < -0.39 is 10.0 Å². The molecule has 2 aliphatic heterocycles. The molecule has 0 saturated carbocycles. The molecule has 8 heteroatoms. The van der Waals surface area contributed by atoms with Gasteiger partial charge in [0.2, 0.25) is 15.9 Å². The fourth-order valence-corrected chi connectivity index (χ4v) is 3.64. The van der Waals surface area contributed by atoms with Crippen LogP contribution in [0.2, 0.25) is 0 Å². The van der Waals surface area contributed by atoms with E-state index in [9.17, 15) is 13.2 Å². The molecule has 2 fully saturated rings. The quantitative estimate of drug-likeness (QED) is 0.713. The summed E-state index contributed by atoms with van der Waals surface area (Å²) in [4.78, 5) is 14.1. The SMILES string of the molecule is CS(=O)(=O)N1CCCC(C(=O)N2CCOC(CO)C2)C1. The molecule has 2 atom stereocenters. The number of morpholine rings is 1. The number of nitrogens with zero attached hydrogens (tertiary/aromatic N) is 2. The Morgan fingerprint density at radius 3 is 2.75 bits per heavy atom. The first kappa shape index (κ1) is 15.7. The van der Waals surface area contributed by atoms with Crippen molar-refractivity contribution < 1.29 is 23.1 Å². The number of ether oxygens (including phenoxy) is 1. The summed E-state index contributed by atoms with van der Waals surface area (Å²) in [6.07, 6.45) is 2.27. The fraction of sp³-hybridized carbons (Fsp3) is 0.917. The first-order valence-corrected chi connectivity index (χ1v) is 8.73. The van der Waals surface area contributed by atoms with Crippen molar-refractivity contribution in [3.8, 4) is 0 Å². The van der Waals surface area contributed by atoms with Crippen LogP contribution < -0.4 is 0 Å². The Labute approximate surface area is 119 Å². The molecule has 7 nitrogen and oxygen atoms in total. The van der Waals surface area contributed by atoms with E-state index in [0.717, 1.165) is 0 Å². The number of aliphatic hydroxyl groups is 1. The summed E-state index contributed by atoms with van der Waals surface area (Å²) < 4.78 is 29.9. The van der Waals surface area contributed by atoms with E-state index in [2.05, 4.69) is 0 Å². The Morgan fingerprint density at radius 2 is 2.10 bits per heavy atom. The fourth-order valence-electron chi connectivity index (χ4n) is 2.73. The van der Waals surface area contributed by atoms with Crippen LogP contribution in [0, 0.1) is 5.92 Å². The number of rotatable bonds is 3. The van der Waals surface area contributed by atoms with Gasteiger partial charge in [-0.15, -0.1) is 0 Å². The molecule has 2 unspecified atom stereocenters. The molecule has 0 aromatic carbocycles. The van der Waals surface area contributed by atoms with Crippen molar-refractivity contribution >= 4 is 15.9 Å². The number of aliphatic hydroxyl groups excluding tert-OH is 1. The zero-order valence-electron chi connectivity index (χ0n) is 11.7. The van der Waals surface area contributed by atoms with Gasteiger partial charge in [0, 0.05) is 26.2 Å². The minimum absolute atomic E-state index is 0.0277. The molecule has 0 spiro atoms. The van der Waals surface area contributed by atoms with Crippen molar-refractivity contribution in [2.75, 3.05) is 45.6 Å². The summed E-state index contributed by atoms with van der Waals surface area (Å²) in [5.41, 5.74) is 0. The number of piperidine rings is 1. The molecule has 0 aliphatic carbocycles. The van der Waals surface area contributed by atoms with E-state index in [4.69, 9.17) is 9.84 Å². The van der Waals surface area contributed by atoms with E-state index in [-0.39, 0.29) is 31.1 Å². The second kappa shape index (κ2) is 6.38. The number of hydrogen-bond acceptors (Lipinski definition) is 5. The zero-order valence-corrected chi connectivity index (χ0v) is 12.5. The summed E-state index contributed by atoms with van der Waals surface area (Å²) >= 11 is 0. The highest BCUT2D eigenvalue weighted by Crippen LogP contribution is 2.21. The van der Waals surface area contributed by atoms with Gasteiger partial charge >= 0.3 is 0 Å². The second-order valence-electron chi connectivity index (χ2n) is 5.42. The van der Waals surface area contributed by atoms with E-state index in [1.54, 1.807) is 4.90 Å². The Morgan fingerprint density at radius 1 is 1.35 bits per heavy atom. The molecule has 2 heterocycles. The highest BCUT2D eigenvalue weighted by atomic mass is 32.2. The van der Waals surface area contributed by atoms with Gasteiger partial charge in [0.15, 0.2) is 0 Å². The van der Waals surface area contributed by atoms with Crippen molar-refractivity contribution in [1.29, 1.82) is 0 Å². The molecular weight excluding hydrogens is 284 g/mol. The second-order valence-corrected chi connectivity index (χ2v) is 7.40. The van der Waals surface area contributed by atoms with Crippen LogP contribution in [0.25, 0.3) is 0 Å². The maximum absolute atomic E-state index is 12.5. The Hall–Kier alpha value is -0.700. The van der Waals surface area contributed by atoms with E-state index >= 15 is 0 Å². The van der Waals surface area contributed by atoms with Crippen LogP contribution in [0.4, 0.5) is 0 Å². The molecule has 2 aliphatic rings. The number of carbonyl (C=O) groups excluding carboxylic acids is 1. The summed E-state index contributed by atoms with van der Waals surface area (Å²) in [5.74, 6) is -0.309. The van der Waals surface area contributed by atoms with Gasteiger partial charge in [0.25, 0.3) is 0 Å². The number of sulfonamides is 1. The van der Waals surface area contributed by atoms with Crippen molar-refractivity contribution in [2.24, 2.45) is 5.92 Å². The van der Waals surface area contributed by atoms with Gasteiger partial charge in [-0.05, 0) is 12.8 Å². The lowest BCUT2D eigenvalue weighted by atomic mass is 9.97. The van der Waals surface area contributed by atoms with Crippen LogP contribution in [0.3, 0.4) is 0 Å². The van der Waals surface area contributed by atoms with Crippen molar-refractivity contribution in [3.05, 3.63) is 0 Å². The lowest BCUT2D eigenvalue weighted by Crippen LogP contribution is -2.52. The number of carbonyl (C=O) groups is 1. The largest absolute Gasteiger partial charge is 0.394 e. The molecule has 20 heavy (non-hydrogen) atoms. The van der Waals surface area contributed by atoms with Crippen LogP contribution >= 0.6 is 0 Å². The molecule has 1 N–H and O–H groups in total. The van der Waals surface area contributed by atoms with Gasteiger partial charge in [-0.25, -0.2) is 12.7 Å². The first-order valence-electron chi connectivity index (χ1n) is 6.88. The molecule has 0 radical (unpaired) electrons. The highest BCUT2D eigenvalue weighted by molar-refractivity contribution is 7.88. The van der Waals surface area contributed by atoms with Crippen LogP contribution in [-0.4, -0.2) is 80.4 Å². The average Bonchev–Trinajstić information content (AvgIpc) is 2.46. The smallest absolute Gasteiger partial charge is 0.227 e. The average molecular weight is 306 g/mol. The van der Waals surface area contributed by atoms with E-state index in [1.165, 1.54) is 10.6 Å². The maximum Gasteiger partial charge on any atom is 0.227 e. The van der Waals surface area contributed by atoms with Gasteiger partial charge in [-0.1, -0.05) is 0 Å². The lowest BCUT2D eigenvalue weighted by molar-refractivity contribution is -0.145. The monoisotopic (exact) mass is 306 g/mol. The number of hydrogen-bond donors (Lipinski definition) is 1. The third-order valence-corrected chi connectivity index (χ3v) is 5.13. The Kier molecular flexibility index (Phi) is 5.00. The summed E-state index contributed by atoms with van der Waals surface area (Å²) in [7, 11) is -3.24. The van der Waals surface area contributed by atoms with Crippen molar-refractivity contribution in [1.82, 2.24) is 9.21 Å². The normalized spacial score (nSPS) is 29.4. The molecule has 0 aromatic rings. The van der Waals surface area contributed by atoms with Gasteiger partial charge in [-0.3, -0.25) is 4.79 Å². The molecule has 116 valence electrons. The molecule has 2 rings (SSSR count). The van der Waals surface area contributed by atoms with Gasteiger partial charge in [-0.2, -0.15) is 0 Å². The van der Waals surface area contributed by atoms with Gasteiger partial charge in [0.1, 0.15) is 0 Å². The maximum atomic E-state index is 12.5. The molecule has 2 saturated heterocycles. The Balaban J connectivity index is 1.98. The van der Waals surface area contributed by atoms with Crippen molar-refractivity contribution in [2.45, 2.75) is 18.9 Å². The Bertz CT molecular complexity index is 453. The summed E-state index contributed by atoms with van der Waals surface area (Å²) in [6, 6.07) is 0. The predicted octanol–water partition coefficient (Wildman–Crippen LogP) is -1.12. The number of amides is 1. The zero-order chi connectivity index (χ0) is 14.8. The highest BCUT2D eigenvalue weighted by Gasteiger charge is 2.34. The minimum Gasteiger partial charge on any atom is -0.394 e. The van der Waals surface area contributed by atoms with Gasteiger partial charge < -0.3 is 14.7 Å².